The SMILES string of the molecule is CC(C)CN(CCC#N)C(=O)CCCCl. The number of rotatable bonds is 7. The minimum absolute atomic E-state index is 0.111. The van der Waals surface area contributed by atoms with Gasteiger partial charge >= 0.3 is 0 Å². The molecule has 0 unspecified atom stereocenters. The van der Waals surface area contributed by atoms with Crippen LogP contribution in [0.25, 0.3) is 0 Å². The van der Waals surface area contributed by atoms with Gasteiger partial charge in [-0.2, -0.15) is 5.26 Å². The van der Waals surface area contributed by atoms with E-state index < -0.39 is 0 Å². The maximum absolute atomic E-state index is 11.7. The summed E-state index contributed by atoms with van der Waals surface area (Å²) in [5, 5.41) is 8.50. The monoisotopic (exact) mass is 230 g/mol. The average molecular weight is 231 g/mol. The summed E-state index contributed by atoms with van der Waals surface area (Å²) in [6.07, 6.45) is 1.60. The van der Waals surface area contributed by atoms with Crippen LogP contribution in [0.3, 0.4) is 0 Å². The second kappa shape index (κ2) is 8.55. The van der Waals surface area contributed by atoms with Crippen molar-refractivity contribution in [2.24, 2.45) is 5.92 Å². The standard InChI is InChI=1S/C11H19ClN2O/c1-10(2)9-14(8-4-7-13)11(15)5-3-6-12/h10H,3-6,8-9H2,1-2H3. The van der Waals surface area contributed by atoms with Gasteiger partial charge in [-0.3, -0.25) is 4.79 Å². The quantitative estimate of drug-likeness (QED) is 0.631. The molecule has 0 aliphatic rings. The highest BCUT2D eigenvalue weighted by Crippen LogP contribution is 2.04. The summed E-state index contributed by atoms with van der Waals surface area (Å²) in [5.41, 5.74) is 0. The lowest BCUT2D eigenvalue weighted by Gasteiger charge is -2.23. The minimum atomic E-state index is 0.111. The van der Waals surface area contributed by atoms with Crippen LogP contribution >= 0.6 is 11.6 Å². The molecule has 0 aliphatic carbocycles. The maximum atomic E-state index is 11.7. The molecule has 0 saturated carbocycles. The Kier molecular flexibility index (Phi) is 8.12. The largest absolute Gasteiger partial charge is 0.341 e. The number of hydrogen-bond donors (Lipinski definition) is 0. The molecule has 0 atom stereocenters. The van der Waals surface area contributed by atoms with Crippen LogP contribution in [0.2, 0.25) is 0 Å². The zero-order chi connectivity index (χ0) is 11.7. The highest BCUT2D eigenvalue weighted by molar-refractivity contribution is 6.17. The Morgan fingerprint density at radius 2 is 2.20 bits per heavy atom. The van der Waals surface area contributed by atoms with Crippen LogP contribution in [0, 0.1) is 17.2 Å². The summed E-state index contributed by atoms with van der Waals surface area (Å²) in [6.45, 7) is 5.39. The molecule has 0 aromatic carbocycles. The highest BCUT2D eigenvalue weighted by Gasteiger charge is 2.13. The average Bonchev–Trinajstić information content (AvgIpc) is 2.20. The molecule has 0 bridgehead atoms. The van der Waals surface area contributed by atoms with Gasteiger partial charge in [0.1, 0.15) is 0 Å². The Bertz CT molecular complexity index is 223. The van der Waals surface area contributed by atoms with Crippen LogP contribution < -0.4 is 0 Å². The fraction of sp³-hybridized carbons (Fsp3) is 0.818. The molecular formula is C11H19ClN2O. The normalized spacial score (nSPS) is 10.1. The second-order valence-corrected chi connectivity index (χ2v) is 4.31. The minimum Gasteiger partial charge on any atom is -0.341 e. The predicted octanol–water partition coefficient (Wildman–Crippen LogP) is 2.40. The Balaban J connectivity index is 4.09. The topological polar surface area (TPSA) is 44.1 Å². The fourth-order valence-electron chi connectivity index (χ4n) is 1.32. The first kappa shape index (κ1) is 14.2. The summed E-state index contributed by atoms with van der Waals surface area (Å²) in [6, 6.07) is 2.06. The van der Waals surface area contributed by atoms with Crippen LogP contribution in [0.5, 0.6) is 0 Å². The van der Waals surface area contributed by atoms with Crippen molar-refractivity contribution in [1.82, 2.24) is 4.90 Å². The molecule has 0 radical (unpaired) electrons. The third-order valence-electron chi connectivity index (χ3n) is 1.96. The van der Waals surface area contributed by atoms with E-state index in [1.165, 1.54) is 0 Å². The molecule has 0 saturated heterocycles. The molecule has 3 nitrogen and oxygen atoms in total. The molecule has 4 heteroatoms. The van der Waals surface area contributed by atoms with Crippen LogP contribution in [0.4, 0.5) is 0 Å². The van der Waals surface area contributed by atoms with E-state index in [4.69, 9.17) is 16.9 Å². The molecule has 0 spiro atoms. The van der Waals surface area contributed by atoms with Gasteiger partial charge in [0, 0.05) is 25.4 Å². The summed E-state index contributed by atoms with van der Waals surface area (Å²) in [5.74, 6) is 1.06. The van der Waals surface area contributed by atoms with Crippen molar-refractivity contribution in [2.45, 2.75) is 33.1 Å². The van der Waals surface area contributed by atoms with Crippen LogP contribution in [0.1, 0.15) is 33.1 Å². The Morgan fingerprint density at radius 3 is 2.67 bits per heavy atom. The van der Waals surface area contributed by atoms with E-state index in [2.05, 4.69) is 19.9 Å². The number of nitriles is 1. The van der Waals surface area contributed by atoms with E-state index in [9.17, 15) is 4.79 Å². The van der Waals surface area contributed by atoms with E-state index in [1.807, 2.05) is 0 Å². The number of halogens is 1. The van der Waals surface area contributed by atoms with Crippen molar-refractivity contribution in [3.05, 3.63) is 0 Å². The molecule has 0 aromatic rings. The lowest BCUT2D eigenvalue weighted by Crippen LogP contribution is -2.34. The first-order valence-electron chi connectivity index (χ1n) is 5.32. The molecule has 0 aromatic heterocycles. The lowest BCUT2D eigenvalue weighted by molar-refractivity contribution is -0.131. The van der Waals surface area contributed by atoms with Gasteiger partial charge in [-0.1, -0.05) is 13.8 Å². The van der Waals surface area contributed by atoms with E-state index in [0.29, 0.717) is 37.6 Å². The number of nitrogens with zero attached hydrogens (tertiary/aromatic N) is 2. The van der Waals surface area contributed by atoms with Gasteiger partial charge in [-0.25, -0.2) is 0 Å². The summed E-state index contributed by atoms with van der Waals surface area (Å²) < 4.78 is 0. The first-order chi connectivity index (χ1) is 7.11. The number of alkyl halides is 1. The number of carbonyl (C=O) groups excluding carboxylic acids is 1. The Hall–Kier alpha value is -0.750. The predicted molar refractivity (Wildman–Crippen MR) is 61.6 cm³/mol. The highest BCUT2D eigenvalue weighted by atomic mass is 35.5. The molecular weight excluding hydrogens is 212 g/mol. The van der Waals surface area contributed by atoms with Gasteiger partial charge in [0.2, 0.25) is 5.91 Å². The van der Waals surface area contributed by atoms with Crippen molar-refractivity contribution in [3.8, 4) is 6.07 Å². The van der Waals surface area contributed by atoms with Crippen molar-refractivity contribution >= 4 is 17.5 Å². The Labute approximate surface area is 97.0 Å². The Morgan fingerprint density at radius 1 is 1.53 bits per heavy atom. The molecule has 1 amide bonds. The lowest BCUT2D eigenvalue weighted by atomic mass is 10.2. The summed E-state index contributed by atoms with van der Waals surface area (Å²) in [7, 11) is 0. The molecule has 0 N–H and O–H groups in total. The first-order valence-corrected chi connectivity index (χ1v) is 5.86. The molecule has 15 heavy (non-hydrogen) atoms. The van der Waals surface area contributed by atoms with Crippen molar-refractivity contribution < 1.29 is 4.79 Å². The second-order valence-electron chi connectivity index (χ2n) is 3.93. The third kappa shape index (κ3) is 7.21. The number of hydrogen-bond acceptors (Lipinski definition) is 2. The number of carbonyl (C=O) groups is 1. The van der Waals surface area contributed by atoms with Crippen LogP contribution in [-0.4, -0.2) is 29.8 Å². The van der Waals surface area contributed by atoms with E-state index in [1.54, 1.807) is 4.90 Å². The van der Waals surface area contributed by atoms with E-state index in [-0.39, 0.29) is 5.91 Å². The zero-order valence-corrected chi connectivity index (χ0v) is 10.3. The van der Waals surface area contributed by atoms with Crippen LogP contribution in [-0.2, 0) is 4.79 Å². The van der Waals surface area contributed by atoms with Crippen LogP contribution in [0.15, 0.2) is 0 Å². The summed E-state index contributed by atoms with van der Waals surface area (Å²) in [4.78, 5) is 13.5. The molecule has 86 valence electrons. The van der Waals surface area contributed by atoms with E-state index in [0.717, 1.165) is 6.54 Å². The van der Waals surface area contributed by atoms with Crippen molar-refractivity contribution in [3.63, 3.8) is 0 Å². The molecule has 0 rings (SSSR count). The van der Waals surface area contributed by atoms with Gasteiger partial charge in [0.05, 0.1) is 12.5 Å². The maximum Gasteiger partial charge on any atom is 0.222 e. The molecule has 0 aliphatic heterocycles. The van der Waals surface area contributed by atoms with Crippen molar-refractivity contribution in [2.75, 3.05) is 19.0 Å². The summed E-state index contributed by atoms with van der Waals surface area (Å²) >= 11 is 5.54. The van der Waals surface area contributed by atoms with Gasteiger partial charge in [0.15, 0.2) is 0 Å². The molecule has 0 fully saturated rings. The van der Waals surface area contributed by atoms with Gasteiger partial charge in [-0.05, 0) is 12.3 Å². The van der Waals surface area contributed by atoms with Gasteiger partial charge in [-0.15, -0.1) is 11.6 Å². The van der Waals surface area contributed by atoms with Gasteiger partial charge < -0.3 is 4.90 Å². The van der Waals surface area contributed by atoms with Crippen molar-refractivity contribution in [1.29, 1.82) is 5.26 Å². The smallest absolute Gasteiger partial charge is 0.222 e. The zero-order valence-electron chi connectivity index (χ0n) is 9.50. The third-order valence-corrected chi connectivity index (χ3v) is 2.22. The number of amides is 1. The van der Waals surface area contributed by atoms with E-state index >= 15 is 0 Å². The molecule has 0 heterocycles. The fourth-order valence-corrected chi connectivity index (χ4v) is 1.45. The van der Waals surface area contributed by atoms with Gasteiger partial charge in [0.25, 0.3) is 0 Å².